The lowest BCUT2D eigenvalue weighted by atomic mass is 10.00. The number of rotatable bonds is 1. The Hall–Kier alpha value is -3.30. The van der Waals surface area contributed by atoms with Crippen LogP contribution in [-0.4, -0.2) is 38.2 Å². The Morgan fingerprint density at radius 3 is 2.55 bits per heavy atom. The number of aromatic nitrogens is 2. The van der Waals surface area contributed by atoms with E-state index in [-0.39, 0.29) is 26.3 Å². The van der Waals surface area contributed by atoms with Crippen molar-refractivity contribution in [2.24, 2.45) is 0 Å². The van der Waals surface area contributed by atoms with Crippen molar-refractivity contribution in [1.29, 1.82) is 0 Å². The highest BCUT2D eigenvalue weighted by atomic mass is 32.2. The van der Waals surface area contributed by atoms with Crippen LogP contribution in [0.1, 0.15) is 31.3 Å². The molecule has 0 aliphatic carbocycles. The van der Waals surface area contributed by atoms with Crippen molar-refractivity contribution >= 4 is 22.8 Å². The third-order valence-corrected chi connectivity index (χ3v) is 5.86. The van der Waals surface area contributed by atoms with Crippen molar-refractivity contribution in [2.45, 2.75) is 31.8 Å². The second-order valence-corrected chi connectivity index (χ2v) is 8.43. The number of carbonyl (C=O) groups excluding carboxylic acids is 1. The predicted molar refractivity (Wildman–Crippen MR) is 124 cm³/mol. The molecule has 0 spiro atoms. The molecule has 4 rings (SSSR count). The van der Waals surface area contributed by atoms with Crippen LogP contribution in [0.15, 0.2) is 53.4 Å². The number of hydrogen-bond donors (Lipinski definition) is 2. The number of ether oxygens (including phenoxy) is 1. The predicted octanol–water partition coefficient (Wildman–Crippen LogP) is 3.07. The first-order valence-electron chi connectivity index (χ1n) is 9.60. The lowest BCUT2D eigenvalue weighted by Gasteiger charge is -2.16. The third-order valence-electron chi connectivity index (χ3n) is 4.81. The molecule has 1 amide bonds. The molecule has 1 unspecified atom stereocenters. The Bertz CT molecular complexity index is 1140. The summed E-state index contributed by atoms with van der Waals surface area (Å²) >= 11 is 0. The van der Waals surface area contributed by atoms with E-state index in [2.05, 4.69) is 20.0 Å². The zero-order valence-corrected chi connectivity index (χ0v) is 18.2. The first-order valence-corrected chi connectivity index (χ1v) is 10.7. The summed E-state index contributed by atoms with van der Waals surface area (Å²) in [6.45, 7) is 6.19. The molecule has 4 N–H and O–H groups in total. The molecular formula is C22H28N4O4S. The van der Waals surface area contributed by atoms with E-state index >= 15 is 0 Å². The van der Waals surface area contributed by atoms with Crippen molar-refractivity contribution < 1.29 is 22.1 Å². The van der Waals surface area contributed by atoms with Crippen molar-refractivity contribution in [3.05, 3.63) is 65.2 Å². The largest absolute Gasteiger partial charge is 0.473 e. The smallest absolute Gasteiger partial charge is 0.251 e. The van der Waals surface area contributed by atoms with E-state index in [0.717, 1.165) is 16.7 Å². The fourth-order valence-electron chi connectivity index (χ4n) is 3.36. The summed E-state index contributed by atoms with van der Waals surface area (Å²) in [7, 11) is -1.65. The summed E-state index contributed by atoms with van der Waals surface area (Å²) in [6.07, 6.45) is -0.322. The van der Waals surface area contributed by atoms with Gasteiger partial charge < -0.3 is 15.5 Å². The van der Waals surface area contributed by atoms with Crippen molar-refractivity contribution in [3.63, 3.8) is 0 Å². The molecule has 2 heterocycles. The maximum Gasteiger partial charge on any atom is 0.251 e. The van der Waals surface area contributed by atoms with E-state index < -0.39 is 11.0 Å². The van der Waals surface area contributed by atoms with Crippen molar-refractivity contribution in [1.82, 2.24) is 15.3 Å². The van der Waals surface area contributed by atoms with E-state index in [1.165, 1.54) is 0 Å². The molecule has 0 saturated heterocycles. The Kier molecular flexibility index (Phi) is 6.67. The molecule has 166 valence electrons. The van der Waals surface area contributed by atoms with Crippen LogP contribution in [0.3, 0.4) is 0 Å². The Morgan fingerprint density at radius 2 is 1.81 bits per heavy atom. The van der Waals surface area contributed by atoms with Gasteiger partial charge in [-0.25, -0.2) is 9.19 Å². The number of amides is 1. The number of hydrogen-bond acceptors (Lipinski definition) is 5. The van der Waals surface area contributed by atoms with Crippen LogP contribution >= 0.6 is 0 Å². The number of aryl methyl sites for hydroxylation is 2. The monoisotopic (exact) mass is 444 g/mol. The standard InChI is InChI=1S/C22H22N4O3S.H2O.2H2/c1-13-6-4-7-14(2)20(13)18-11-19-25-22(24-18)26-30(28)17-9-5-8-16(10-17)21(27)23-12-15(3)29-19;;;/h4-11,15H,12H2,1-3H3,(H,23,27)(H,24,25,26);1H2;2*1H/t15-,30?;;;/m1.../s1. The molecular weight excluding hydrogens is 416 g/mol. The topological polar surface area (TPSA) is 125 Å². The highest BCUT2D eigenvalue weighted by molar-refractivity contribution is 7.86. The number of nitrogens with one attached hydrogen (secondary N) is 2. The normalized spacial score (nSPS) is 18.1. The van der Waals surface area contributed by atoms with E-state index in [4.69, 9.17) is 4.74 Å². The van der Waals surface area contributed by atoms with Gasteiger partial charge in [0.1, 0.15) is 6.10 Å². The maximum atomic E-state index is 12.9. The molecule has 1 aliphatic rings. The van der Waals surface area contributed by atoms with Crippen LogP contribution in [0.2, 0.25) is 0 Å². The lowest BCUT2D eigenvalue weighted by molar-refractivity contribution is 0.0930. The molecule has 0 fully saturated rings. The minimum Gasteiger partial charge on any atom is -0.473 e. The summed E-state index contributed by atoms with van der Waals surface area (Å²) in [6, 6.07) is 14.5. The molecule has 9 heteroatoms. The van der Waals surface area contributed by atoms with Gasteiger partial charge in [0, 0.05) is 20.0 Å². The van der Waals surface area contributed by atoms with Gasteiger partial charge in [-0.15, -0.1) is 0 Å². The maximum absolute atomic E-state index is 12.9. The van der Waals surface area contributed by atoms with Crippen LogP contribution in [-0.2, 0) is 11.0 Å². The number of carbonyl (C=O) groups is 1. The molecule has 8 nitrogen and oxygen atoms in total. The van der Waals surface area contributed by atoms with Gasteiger partial charge in [-0.3, -0.25) is 9.52 Å². The number of fused-ring (bicyclic) bond motifs is 4. The number of nitrogens with zero attached hydrogens (tertiary/aromatic N) is 2. The lowest BCUT2D eigenvalue weighted by Crippen LogP contribution is -2.33. The summed E-state index contributed by atoms with van der Waals surface area (Å²) < 4.78 is 21.7. The van der Waals surface area contributed by atoms with Gasteiger partial charge in [-0.1, -0.05) is 24.3 Å². The molecule has 31 heavy (non-hydrogen) atoms. The zero-order valence-electron chi connectivity index (χ0n) is 17.4. The summed E-state index contributed by atoms with van der Waals surface area (Å²) in [5.74, 6) is 0.284. The molecule has 4 bridgehead atoms. The van der Waals surface area contributed by atoms with Gasteiger partial charge in [0.25, 0.3) is 5.91 Å². The van der Waals surface area contributed by atoms with E-state index in [1.807, 2.05) is 39.0 Å². The van der Waals surface area contributed by atoms with Gasteiger partial charge in [0.15, 0.2) is 11.0 Å². The van der Waals surface area contributed by atoms with Gasteiger partial charge >= 0.3 is 0 Å². The van der Waals surface area contributed by atoms with Crippen LogP contribution in [0.4, 0.5) is 5.95 Å². The Balaban J connectivity index is 0.00000181. The summed E-state index contributed by atoms with van der Waals surface area (Å²) in [4.78, 5) is 21.9. The highest BCUT2D eigenvalue weighted by Gasteiger charge is 2.18. The van der Waals surface area contributed by atoms with Crippen molar-refractivity contribution in [3.8, 4) is 17.1 Å². The fraction of sp³-hybridized carbons (Fsp3) is 0.227. The molecule has 2 aromatic carbocycles. The van der Waals surface area contributed by atoms with Gasteiger partial charge in [-0.05, 0) is 50.1 Å². The average Bonchev–Trinajstić information content (AvgIpc) is 2.71. The quantitative estimate of drug-likeness (QED) is 0.597. The molecule has 1 aromatic heterocycles. The molecule has 0 radical (unpaired) electrons. The van der Waals surface area contributed by atoms with Gasteiger partial charge in [0.2, 0.25) is 11.8 Å². The Morgan fingerprint density at radius 1 is 1.10 bits per heavy atom. The first kappa shape index (κ1) is 22.4. The molecule has 0 saturated carbocycles. The van der Waals surface area contributed by atoms with Gasteiger partial charge in [0.05, 0.1) is 17.1 Å². The van der Waals surface area contributed by atoms with Crippen LogP contribution in [0.25, 0.3) is 11.3 Å². The molecule has 2 atom stereocenters. The second kappa shape index (κ2) is 9.23. The van der Waals surface area contributed by atoms with Crippen LogP contribution in [0, 0.1) is 13.8 Å². The number of anilines is 1. The van der Waals surface area contributed by atoms with Crippen LogP contribution < -0.4 is 14.8 Å². The molecule has 3 aromatic rings. The highest BCUT2D eigenvalue weighted by Crippen LogP contribution is 2.29. The summed E-state index contributed by atoms with van der Waals surface area (Å²) in [5.41, 5.74) is 4.22. The second-order valence-electron chi connectivity index (χ2n) is 7.22. The summed E-state index contributed by atoms with van der Waals surface area (Å²) in [5, 5.41) is 2.84. The average molecular weight is 445 g/mol. The Labute approximate surface area is 186 Å². The van der Waals surface area contributed by atoms with E-state index in [1.54, 1.807) is 30.3 Å². The first-order chi connectivity index (χ1) is 14.4. The third kappa shape index (κ3) is 4.89. The number of benzene rings is 2. The molecule has 1 aliphatic heterocycles. The minimum absolute atomic E-state index is 0. The zero-order chi connectivity index (χ0) is 21.3. The SMILES string of the molecule is Cc1cccc(C)c1-c1cc2nc(n1)NS(=O)c1cccc(c1)C(=O)NC[C@@H](C)O2.O.[HH].[HH]. The van der Waals surface area contributed by atoms with Gasteiger partial charge in [-0.2, -0.15) is 4.98 Å². The fourth-order valence-corrected chi connectivity index (χ4v) is 4.17. The van der Waals surface area contributed by atoms with Crippen molar-refractivity contribution in [2.75, 3.05) is 11.3 Å². The van der Waals surface area contributed by atoms with E-state index in [0.29, 0.717) is 28.6 Å². The van der Waals surface area contributed by atoms with Crippen LogP contribution in [0.5, 0.6) is 5.88 Å². The minimum atomic E-state index is -1.65. The van der Waals surface area contributed by atoms with E-state index in [9.17, 15) is 9.00 Å².